The second kappa shape index (κ2) is 6.08. The molecule has 0 amide bonds. The van der Waals surface area contributed by atoms with Crippen molar-refractivity contribution in [3.8, 4) is 0 Å². The number of piperidine rings is 1. The second-order valence-corrected chi connectivity index (χ2v) is 6.67. The molecule has 0 radical (unpaired) electrons. The Morgan fingerprint density at radius 3 is 2.32 bits per heavy atom. The maximum Gasteiger partial charge on any atom is 0.0590 e. The highest BCUT2D eigenvalue weighted by Gasteiger charge is 2.49. The predicted octanol–water partition coefficient (Wildman–Crippen LogP) is 1.30. The summed E-state index contributed by atoms with van der Waals surface area (Å²) in [5.74, 6) is 0. The molecule has 2 aliphatic rings. The van der Waals surface area contributed by atoms with Gasteiger partial charge in [0.2, 0.25) is 0 Å². The van der Waals surface area contributed by atoms with E-state index >= 15 is 0 Å². The smallest absolute Gasteiger partial charge is 0.0590 e. The Kier molecular flexibility index (Phi) is 4.88. The number of nitrogens with two attached hydrogens (primary N) is 1. The van der Waals surface area contributed by atoms with Gasteiger partial charge in [0.25, 0.3) is 0 Å². The van der Waals surface area contributed by atoms with Crippen molar-refractivity contribution in [1.82, 2.24) is 9.80 Å². The van der Waals surface area contributed by atoms with Crippen molar-refractivity contribution in [2.45, 2.75) is 63.2 Å². The summed E-state index contributed by atoms with van der Waals surface area (Å²) < 4.78 is 5.30. The lowest BCUT2D eigenvalue weighted by molar-refractivity contribution is -0.0277. The van der Waals surface area contributed by atoms with Crippen molar-refractivity contribution >= 4 is 0 Å². The number of methoxy groups -OCH3 is 1. The summed E-state index contributed by atoms with van der Waals surface area (Å²) in [6, 6.07) is 1.98. The van der Waals surface area contributed by atoms with Crippen LogP contribution in [0, 0.1) is 0 Å². The molecule has 2 fully saturated rings. The first-order valence-corrected chi connectivity index (χ1v) is 7.72. The molecule has 0 aromatic heterocycles. The van der Waals surface area contributed by atoms with Gasteiger partial charge in [-0.1, -0.05) is 0 Å². The van der Waals surface area contributed by atoms with Gasteiger partial charge in [-0.15, -0.1) is 0 Å². The zero-order valence-electron chi connectivity index (χ0n) is 13.1. The molecular formula is C15H31N3O. The summed E-state index contributed by atoms with van der Waals surface area (Å²) in [6.07, 6.45) is 5.13. The lowest BCUT2D eigenvalue weighted by atomic mass is 9.80. The molecule has 2 bridgehead atoms. The monoisotopic (exact) mass is 269 g/mol. The summed E-state index contributed by atoms with van der Waals surface area (Å²) >= 11 is 0. The molecule has 2 rings (SSSR count). The molecular weight excluding hydrogens is 238 g/mol. The normalized spacial score (nSPS) is 35.5. The van der Waals surface area contributed by atoms with E-state index in [-0.39, 0.29) is 5.54 Å². The van der Waals surface area contributed by atoms with Crippen LogP contribution in [0.2, 0.25) is 0 Å². The molecule has 2 heterocycles. The fraction of sp³-hybridized carbons (Fsp3) is 1.00. The third kappa shape index (κ3) is 2.82. The Balaban J connectivity index is 2.16. The molecule has 2 N–H and O–H groups in total. The van der Waals surface area contributed by atoms with Crippen LogP contribution < -0.4 is 5.73 Å². The van der Waals surface area contributed by atoms with Crippen LogP contribution in [0.4, 0.5) is 0 Å². The summed E-state index contributed by atoms with van der Waals surface area (Å²) in [4.78, 5) is 5.19. The lowest BCUT2D eigenvalue weighted by Crippen LogP contribution is -2.64. The number of hydrogen-bond donors (Lipinski definition) is 1. The van der Waals surface area contributed by atoms with Crippen molar-refractivity contribution < 1.29 is 4.74 Å². The van der Waals surface area contributed by atoms with E-state index in [0.29, 0.717) is 6.04 Å². The van der Waals surface area contributed by atoms with Crippen LogP contribution in [-0.2, 0) is 4.74 Å². The molecule has 0 saturated carbocycles. The van der Waals surface area contributed by atoms with Crippen LogP contribution in [0.25, 0.3) is 0 Å². The molecule has 2 unspecified atom stereocenters. The Morgan fingerprint density at radius 1 is 1.32 bits per heavy atom. The molecule has 0 aromatic carbocycles. The standard InChI is InChI=1S/C15H31N3O/c1-12(2)18(7-8-19-4)15(11-16)9-13-5-6-14(10-15)17(13)3/h12-14H,5-11,16H2,1-4H3. The summed E-state index contributed by atoms with van der Waals surface area (Å²) in [5.41, 5.74) is 6.43. The Labute approximate surface area is 118 Å². The van der Waals surface area contributed by atoms with E-state index in [2.05, 4.69) is 30.7 Å². The van der Waals surface area contributed by atoms with Crippen LogP contribution >= 0.6 is 0 Å². The highest BCUT2D eigenvalue weighted by atomic mass is 16.5. The maximum atomic E-state index is 6.25. The second-order valence-electron chi connectivity index (χ2n) is 6.67. The molecule has 2 saturated heterocycles. The topological polar surface area (TPSA) is 41.7 Å². The first-order valence-electron chi connectivity index (χ1n) is 7.72. The highest BCUT2D eigenvalue weighted by Crippen LogP contribution is 2.42. The van der Waals surface area contributed by atoms with Gasteiger partial charge in [0.05, 0.1) is 6.61 Å². The quantitative estimate of drug-likeness (QED) is 0.789. The average Bonchev–Trinajstić information content (AvgIpc) is 2.63. The molecule has 2 aliphatic heterocycles. The van der Waals surface area contributed by atoms with E-state index in [1.54, 1.807) is 7.11 Å². The van der Waals surface area contributed by atoms with Crippen molar-refractivity contribution in [2.24, 2.45) is 5.73 Å². The first kappa shape index (κ1) is 15.2. The first-order chi connectivity index (χ1) is 9.04. The fourth-order valence-corrected chi connectivity index (χ4v) is 4.29. The summed E-state index contributed by atoms with van der Waals surface area (Å²) in [6.45, 7) is 7.13. The van der Waals surface area contributed by atoms with Crippen LogP contribution in [0.3, 0.4) is 0 Å². The number of ether oxygens (including phenoxy) is 1. The SMILES string of the molecule is COCCN(C(C)C)C1(CN)CC2CCC(C1)N2C. The van der Waals surface area contributed by atoms with Gasteiger partial charge in [-0.3, -0.25) is 4.90 Å². The summed E-state index contributed by atoms with van der Waals surface area (Å²) in [5, 5.41) is 0. The fourth-order valence-electron chi connectivity index (χ4n) is 4.29. The molecule has 0 spiro atoms. The third-order valence-electron chi connectivity index (χ3n) is 5.37. The van der Waals surface area contributed by atoms with E-state index < -0.39 is 0 Å². The van der Waals surface area contributed by atoms with Gasteiger partial charge in [-0.2, -0.15) is 0 Å². The van der Waals surface area contributed by atoms with E-state index in [4.69, 9.17) is 10.5 Å². The number of rotatable bonds is 6. The van der Waals surface area contributed by atoms with Crippen molar-refractivity contribution in [1.29, 1.82) is 0 Å². The minimum atomic E-state index is 0.186. The van der Waals surface area contributed by atoms with Crippen LogP contribution in [0.5, 0.6) is 0 Å². The van der Waals surface area contributed by atoms with E-state index in [1.807, 2.05) is 0 Å². The molecule has 112 valence electrons. The van der Waals surface area contributed by atoms with Crippen LogP contribution in [0.1, 0.15) is 39.5 Å². The van der Waals surface area contributed by atoms with Crippen molar-refractivity contribution in [2.75, 3.05) is 33.9 Å². The third-order valence-corrected chi connectivity index (χ3v) is 5.37. The van der Waals surface area contributed by atoms with E-state index in [9.17, 15) is 0 Å². The minimum Gasteiger partial charge on any atom is -0.383 e. The molecule has 4 heteroatoms. The molecule has 19 heavy (non-hydrogen) atoms. The van der Waals surface area contributed by atoms with Crippen molar-refractivity contribution in [3.05, 3.63) is 0 Å². The van der Waals surface area contributed by atoms with E-state index in [0.717, 1.165) is 31.8 Å². The van der Waals surface area contributed by atoms with Gasteiger partial charge < -0.3 is 15.4 Å². The van der Waals surface area contributed by atoms with Gasteiger partial charge in [0.15, 0.2) is 0 Å². The maximum absolute atomic E-state index is 6.25. The number of nitrogens with zero attached hydrogens (tertiary/aromatic N) is 2. The number of hydrogen-bond acceptors (Lipinski definition) is 4. The van der Waals surface area contributed by atoms with E-state index in [1.165, 1.54) is 25.7 Å². The average molecular weight is 269 g/mol. The summed E-state index contributed by atoms with van der Waals surface area (Å²) in [7, 11) is 4.07. The zero-order chi connectivity index (χ0) is 14.0. The predicted molar refractivity (Wildman–Crippen MR) is 79.3 cm³/mol. The molecule has 2 atom stereocenters. The van der Waals surface area contributed by atoms with Gasteiger partial charge in [0.1, 0.15) is 0 Å². The number of fused-ring (bicyclic) bond motifs is 2. The lowest BCUT2D eigenvalue weighted by Gasteiger charge is -2.52. The Hall–Kier alpha value is -0.160. The van der Waals surface area contributed by atoms with Gasteiger partial charge in [-0.25, -0.2) is 0 Å². The van der Waals surface area contributed by atoms with Crippen LogP contribution in [-0.4, -0.2) is 67.3 Å². The molecule has 0 aromatic rings. The van der Waals surface area contributed by atoms with Crippen molar-refractivity contribution in [3.63, 3.8) is 0 Å². The zero-order valence-corrected chi connectivity index (χ0v) is 13.1. The van der Waals surface area contributed by atoms with Crippen LogP contribution in [0.15, 0.2) is 0 Å². The largest absolute Gasteiger partial charge is 0.383 e. The molecule has 4 nitrogen and oxygen atoms in total. The van der Waals surface area contributed by atoms with Gasteiger partial charge in [0, 0.05) is 43.9 Å². The van der Waals surface area contributed by atoms with Gasteiger partial charge >= 0.3 is 0 Å². The highest BCUT2D eigenvalue weighted by molar-refractivity contribution is 5.07. The Morgan fingerprint density at radius 2 is 1.89 bits per heavy atom. The van der Waals surface area contributed by atoms with Gasteiger partial charge in [-0.05, 0) is 46.6 Å². The minimum absolute atomic E-state index is 0.186. The molecule has 0 aliphatic carbocycles. The Bertz CT molecular complexity index is 281.